The number of esters is 2. The fraction of sp³-hybridized carbons (Fsp3) is 0.867. The number of rotatable bonds is 10. The molecule has 0 aromatic carbocycles. The highest BCUT2D eigenvalue weighted by atomic mass is 16.6. The van der Waals surface area contributed by atoms with Crippen LogP contribution in [0, 0.1) is 11.8 Å². The molecule has 0 amide bonds. The summed E-state index contributed by atoms with van der Waals surface area (Å²) in [6.07, 6.45) is 3.70. The number of aliphatic hydroxyl groups excluding tert-OH is 2. The zero-order chi connectivity index (χ0) is 15.2. The number of ether oxygens (including phenoxy) is 2. The van der Waals surface area contributed by atoms with Gasteiger partial charge in [0, 0.05) is 0 Å². The van der Waals surface area contributed by atoms with Gasteiger partial charge in [-0.15, -0.1) is 0 Å². The Morgan fingerprint density at radius 2 is 1.29 bits per heavy atom. The Labute approximate surface area is 124 Å². The smallest absolute Gasteiger partial charge is 0.312 e. The van der Waals surface area contributed by atoms with Gasteiger partial charge >= 0.3 is 11.9 Å². The van der Waals surface area contributed by atoms with Crippen molar-refractivity contribution in [3.63, 3.8) is 0 Å². The SMILES string of the molecule is O=C1OCC1CCC(O)CCCC(O)CCC1COC1=O. The summed E-state index contributed by atoms with van der Waals surface area (Å²) >= 11 is 0. The van der Waals surface area contributed by atoms with Crippen molar-refractivity contribution in [2.45, 2.75) is 57.2 Å². The van der Waals surface area contributed by atoms with Gasteiger partial charge in [0.05, 0.1) is 24.0 Å². The van der Waals surface area contributed by atoms with Crippen LogP contribution in [0.1, 0.15) is 44.9 Å². The fourth-order valence-corrected chi connectivity index (χ4v) is 2.61. The molecule has 4 unspecified atom stereocenters. The van der Waals surface area contributed by atoms with Crippen LogP contribution in [0.4, 0.5) is 0 Å². The molecule has 0 saturated carbocycles. The van der Waals surface area contributed by atoms with Crippen molar-refractivity contribution < 1.29 is 29.3 Å². The zero-order valence-corrected chi connectivity index (χ0v) is 12.2. The second-order valence-electron chi connectivity index (χ2n) is 6.05. The van der Waals surface area contributed by atoms with Crippen LogP contribution in [0.2, 0.25) is 0 Å². The van der Waals surface area contributed by atoms with Gasteiger partial charge in [-0.2, -0.15) is 0 Å². The first-order valence-corrected chi connectivity index (χ1v) is 7.75. The van der Waals surface area contributed by atoms with Crippen molar-refractivity contribution in [2.24, 2.45) is 11.8 Å². The Bertz CT molecular complexity index is 335. The van der Waals surface area contributed by atoms with Gasteiger partial charge in [0.15, 0.2) is 0 Å². The molecule has 2 aliphatic rings. The summed E-state index contributed by atoms with van der Waals surface area (Å²) < 4.78 is 9.34. The van der Waals surface area contributed by atoms with E-state index in [0.29, 0.717) is 51.7 Å². The van der Waals surface area contributed by atoms with Gasteiger partial charge in [0.25, 0.3) is 0 Å². The Morgan fingerprint density at radius 1 is 0.857 bits per heavy atom. The molecule has 0 radical (unpaired) electrons. The maximum Gasteiger partial charge on any atom is 0.312 e. The minimum atomic E-state index is -0.424. The molecule has 120 valence electrons. The second kappa shape index (κ2) is 7.75. The van der Waals surface area contributed by atoms with Gasteiger partial charge in [0.1, 0.15) is 13.2 Å². The van der Waals surface area contributed by atoms with Crippen LogP contribution >= 0.6 is 0 Å². The lowest BCUT2D eigenvalue weighted by molar-refractivity contribution is -0.170. The summed E-state index contributed by atoms with van der Waals surface area (Å²) in [5, 5.41) is 19.6. The zero-order valence-electron chi connectivity index (χ0n) is 12.2. The number of carbonyl (C=O) groups is 2. The third-order valence-electron chi connectivity index (χ3n) is 4.29. The Hall–Kier alpha value is -1.14. The van der Waals surface area contributed by atoms with E-state index in [2.05, 4.69) is 9.47 Å². The Kier molecular flexibility index (Phi) is 5.99. The van der Waals surface area contributed by atoms with E-state index in [-0.39, 0.29) is 23.8 Å². The van der Waals surface area contributed by atoms with Gasteiger partial charge in [-0.3, -0.25) is 9.59 Å². The summed E-state index contributed by atoms with van der Waals surface area (Å²) in [6.45, 7) is 0.960. The molecule has 2 fully saturated rings. The van der Waals surface area contributed by atoms with Crippen molar-refractivity contribution in [3.05, 3.63) is 0 Å². The van der Waals surface area contributed by atoms with Crippen molar-refractivity contribution >= 4 is 11.9 Å². The number of carbonyl (C=O) groups excluding carboxylic acids is 2. The molecule has 2 aliphatic heterocycles. The first kappa shape index (κ1) is 16.2. The molecule has 2 heterocycles. The van der Waals surface area contributed by atoms with Crippen LogP contribution in [0.5, 0.6) is 0 Å². The molecular weight excluding hydrogens is 276 g/mol. The number of cyclic esters (lactones) is 2. The second-order valence-corrected chi connectivity index (χ2v) is 6.05. The van der Waals surface area contributed by atoms with Crippen LogP contribution in [0.25, 0.3) is 0 Å². The fourth-order valence-electron chi connectivity index (χ4n) is 2.61. The van der Waals surface area contributed by atoms with E-state index >= 15 is 0 Å². The summed E-state index contributed by atoms with van der Waals surface area (Å²) in [6, 6.07) is 0. The molecular formula is C15H24O6. The lowest BCUT2D eigenvalue weighted by atomic mass is 9.94. The van der Waals surface area contributed by atoms with Crippen LogP contribution in [0.15, 0.2) is 0 Å². The molecule has 0 aromatic heterocycles. The number of hydrogen-bond donors (Lipinski definition) is 2. The third kappa shape index (κ3) is 4.97. The maximum atomic E-state index is 11.0. The molecule has 4 atom stereocenters. The van der Waals surface area contributed by atoms with Gasteiger partial charge in [-0.05, 0) is 44.9 Å². The van der Waals surface area contributed by atoms with Gasteiger partial charge in [-0.25, -0.2) is 0 Å². The van der Waals surface area contributed by atoms with Crippen LogP contribution in [-0.2, 0) is 19.1 Å². The quantitative estimate of drug-likeness (QED) is 0.579. The van der Waals surface area contributed by atoms with Crippen LogP contribution in [0.3, 0.4) is 0 Å². The predicted octanol–water partition coefficient (Wildman–Crippen LogP) is 0.785. The summed E-state index contributed by atoms with van der Waals surface area (Å²) in [5.41, 5.74) is 0. The Morgan fingerprint density at radius 3 is 1.57 bits per heavy atom. The molecule has 6 nitrogen and oxygen atoms in total. The monoisotopic (exact) mass is 300 g/mol. The van der Waals surface area contributed by atoms with E-state index in [1.807, 2.05) is 0 Å². The van der Waals surface area contributed by atoms with E-state index in [9.17, 15) is 19.8 Å². The third-order valence-corrected chi connectivity index (χ3v) is 4.29. The van der Waals surface area contributed by atoms with E-state index in [1.165, 1.54) is 0 Å². The van der Waals surface area contributed by atoms with Gasteiger partial charge < -0.3 is 19.7 Å². The molecule has 0 spiro atoms. The van der Waals surface area contributed by atoms with Crippen molar-refractivity contribution in [1.82, 2.24) is 0 Å². The highest BCUT2D eigenvalue weighted by molar-refractivity contribution is 5.77. The van der Waals surface area contributed by atoms with Crippen LogP contribution < -0.4 is 0 Å². The highest BCUT2D eigenvalue weighted by Gasteiger charge is 2.31. The minimum Gasteiger partial charge on any atom is -0.464 e. The highest BCUT2D eigenvalue weighted by Crippen LogP contribution is 2.22. The van der Waals surface area contributed by atoms with E-state index in [1.54, 1.807) is 0 Å². The predicted molar refractivity (Wildman–Crippen MR) is 73.2 cm³/mol. The molecule has 0 bridgehead atoms. The van der Waals surface area contributed by atoms with E-state index in [4.69, 9.17) is 0 Å². The lowest BCUT2D eigenvalue weighted by Crippen LogP contribution is -2.35. The van der Waals surface area contributed by atoms with Crippen molar-refractivity contribution in [3.8, 4) is 0 Å². The normalized spacial score (nSPS) is 27.1. The maximum absolute atomic E-state index is 11.0. The van der Waals surface area contributed by atoms with Gasteiger partial charge in [-0.1, -0.05) is 0 Å². The van der Waals surface area contributed by atoms with E-state index < -0.39 is 12.2 Å². The van der Waals surface area contributed by atoms with Gasteiger partial charge in [0.2, 0.25) is 0 Å². The molecule has 21 heavy (non-hydrogen) atoms. The average molecular weight is 300 g/mol. The molecule has 2 saturated heterocycles. The molecule has 2 N–H and O–H groups in total. The largest absolute Gasteiger partial charge is 0.464 e. The first-order chi connectivity index (χ1) is 10.1. The standard InChI is InChI=1S/C15H24O6/c16-12(6-4-10-8-20-14(10)18)2-1-3-13(17)7-5-11-9-21-15(11)19/h10-13,16-17H,1-9H2. The number of hydrogen-bond acceptors (Lipinski definition) is 6. The van der Waals surface area contributed by atoms with E-state index in [0.717, 1.165) is 6.42 Å². The summed E-state index contributed by atoms with van der Waals surface area (Å²) in [4.78, 5) is 21.9. The van der Waals surface area contributed by atoms with Crippen molar-refractivity contribution in [1.29, 1.82) is 0 Å². The Balaban J connectivity index is 1.45. The number of aliphatic hydroxyl groups is 2. The lowest BCUT2D eigenvalue weighted by Gasteiger charge is -2.25. The van der Waals surface area contributed by atoms with Crippen molar-refractivity contribution in [2.75, 3.05) is 13.2 Å². The average Bonchev–Trinajstić information content (AvgIpc) is 2.44. The minimum absolute atomic E-state index is 0.0347. The first-order valence-electron chi connectivity index (χ1n) is 7.75. The van der Waals surface area contributed by atoms with Crippen LogP contribution in [-0.4, -0.2) is 47.6 Å². The molecule has 6 heteroatoms. The summed E-state index contributed by atoms with van der Waals surface area (Å²) in [5.74, 6) is -0.390. The molecule has 0 aromatic rings. The molecule has 0 aliphatic carbocycles. The molecule has 2 rings (SSSR count). The summed E-state index contributed by atoms with van der Waals surface area (Å²) in [7, 11) is 0. The topological polar surface area (TPSA) is 93.1 Å².